The zero-order valence-electron chi connectivity index (χ0n) is 24.8. The highest BCUT2D eigenvalue weighted by atomic mass is 19.4. The van der Waals surface area contributed by atoms with Crippen LogP contribution in [0.1, 0.15) is 42.4 Å². The maximum absolute atomic E-state index is 13.3. The minimum Gasteiger partial charge on any atom is -0.473 e. The molecule has 3 aromatic carbocycles. The summed E-state index contributed by atoms with van der Waals surface area (Å²) in [5, 5.41) is 21.6. The van der Waals surface area contributed by atoms with Crippen LogP contribution in [-0.4, -0.2) is 48.5 Å². The molecule has 0 unspecified atom stereocenters. The zero-order valence-corrected chi connectivity index (χ0v) is 24.8. The number of benzene rings is 3. The number of alkyl halides is 3. The van der Waals surface area contributed by atoms with Crippen LogP contribution in [0.25, 0.3) is 22.6 Å². The highest BCUT2D eigenvalue weighted by Crippen LogP contribution is 2.32. The van der Waals surface area contributed by atoms with Crippen molar-refractivity contribution in [1.29, 1.82) is 0 Å². The van der Waals surface area contributed by atoms with Crippen LogP contribution in [0.15, 0.2) is 84.9 Å². The van der Waals surface area contributed by atoms with Gasteiger partial charge in [0.25, 0.3) is 0 Å². The average molecular weight is 632 g/mol. The van der Waals surface area contributed by atoms with Crippen LogP contribution in [0, 0.1) is 0 Å². The van der Waals surface area contributed by atoms with Gasteiger partial charge < -0.3 is 14.8 Å². The molecular formula is C33H32F3N7O3. The lowest BCUT2D eigenvalue weighted by molar-refractivity contribution is -0.137. The summed E-state index contributed by atoms with van der Waals surface area (Å²) in [6, 6.07) is 23.7. The van der Waals surface area contributed by atoms with Gasteiger partial charge in [-0.2, -0.15) is 23.5 Å². The summed E-state index contributed by atoms with van der Waals surface area (Å²) in [4.78, 5) is 13.3. The molecule has 1 fully saturated rings. The smallest absolute Gasteiger partial charge is 0.416 e. The molecule has 13 heteroatoms. The van der Waals surface area contributed by atoms with Crippen molar-refractivity contribution in [2.75, 3.05) is 0 Å². The minimum atomic E-state index is -4.42. The molecule has 2 aromatic heterocycles. The molecule has 6 rings (SSSR count). The standard InChI is InChI=1S/C33H32F3N7O3/c34-33(35,36)25-16-14-23(15-17-25)26-11-5-4-10-24(26)21-46-31-18-28(32-38-41-42-39-32)40-43(31)19-30(44)37-27-12-6-7-13-29(27)45-20-22-8-2-1-3-9-22/h1-5,8-11,14-18,27,29H,6-7,12-13,19-21H2,(H,37,44)(H,38,39,41,42)/t27-,29-/m0/s1. The van der Waals surface area contributed by atoms with E-state index >= 15 is 0 Å². The van der Waals surface area contributed by atoms with Gasteiger partial charge in [-0.15, -0.1) is 10.2 Å². The van der Waals surface area contributed by atoms with Crippen LogP contribution in [0.3, 0.4) is 0 Å². The van der Waals surface area contributed by atoms with E-state index in [9.17, 15) is 18.0 Å². The molecule has 1 saturated carbocycles. The van der Waals surface area contributed by atoms with E-state index in [1.807, 2.05) is 54.6 Å². The Morgan fingerprint density at radius 3 is 2.48 bits per heavy atom. The van der Waals surface area contributed by atoms with Crippen LogP contribution in [-0.2, 0) is 35.5 Å². The lowest BCUT2D eigenvalue weighted by Gasteiger charge is -2.32. The maximum Gasteiger partial charge on any atom is 0.416 e. The summed E-state index contributed by atoms with van der Waals surface area (Å²) < 4.78 is 53.2. The van der Waals surface area contributed by atoms with Gasteiger partial charge in [-0.25, -0.2) is 4.68 Å². The number of ether oxygens (including phenoxy) is 2. The third kappa shape index (κ3) is 7.60. The van der Waals surface area contributed by atoms with Gasteiger partial charge in [0.15, 0.2) is 0 Å². The van der Waals surface area contributed by atoms with E-state index in [1.54, 1.807) is 6.07 Å². The first-order valence-electron chi connectivity index (χ1n) is 15.0. The van der Waals surface area contributed by atoms with Gasteiger partial charge >= 0.3 is 6.18 Å². The van der Waals surface area contributed by atoms with Gasteiger partial charge in [0.2, 0.25) is 17.6 Å². The molecule has 2 heterocycles. The van der Waals surface area contributed by atoms with Gasteiger partial charge in [-0.1, -0.05) is 79.6 Å². The highest BCUT2D eigenvalue weighted by molar-refractivity contribution is 5.76. The number of aromatic nitrogens is 6. The Bertz CT molecular complexity index is 1730. The van der Waals surface area contributed by atoms with Gasteiger partial charge in [-0.05, 0) is 52.4 Å². The van der Waals surface area contributed by atoms with Crippen LogP contribution in [0.5, 0.6) is 5.88 Å². The molecule has 1 aliphatic carbocycles. The number of H-pyrrole nitrogens is 1. The molecule has 0 aliphatic heterocycles. The fourth-order valence-corrected chi connectivity index (χ4v) is 5.55. The molecular weight excluding hydrogens is 599 g/mol. The van der Waals surface area contributed by atoms with E-state index < -0.39 is 11.7 Å². The molecule has 0 saturated heterocycles. The van der Waals surface area contributed by atoms with E-state index in [2.05, 4.69) is 31.0 Å². The van der Waals surface area contributed by atoms with Crippen molar-refractivity contribution in [3.8, 4) is 28.5 Å². The predicted octanol–water partition coefficient (Wildman–Crippen LogP) is 5.97. The van der Waals surface area contributed by atoms with Crippen LogP contribution < -0.4 is 10.1 Å². The Hall–Kier alpha value is -5.04. The Kier molecular flexibility index (Phi) is 9.38. The summed E-state index contributed by atoms with van der Waals surface area (Å²) >= 11 is 0. The quantitative estimate of drug-likeness (QED) is 0.184. The first-order valence-corrected chi connectivity index (χ1v) is 15.0. The average Bonchev–Trinajstić information content (AvgIpc) is 3.74. The van der Waals surface area contributed by atoms with E-state index in [0.717, 1.165) is 54.5 Å². The monoisotopic (exact) mass is 631 g/mol. The number of hydrogen-bond donors (Lipinski definition) is 2. The first kappa shape index (κ1) is 31.0. The fraction of sp³-hybridized carbons (Fsp3) is 0.303. The van der Waals surface area contributed by atoms with Gasteiger partial charge in [0.1, 0.15) is 18.8 Å². The van der Waals surface area contributed by atoms with Crippen LogP contribution in [0.2, 0.25) is 0 Å². The number of carbonyl (C=O) groups excluding carboxylic acids is 1. The Labute approximate surface area is 262 Å². The second-order valence-corrected chi connectivity index (χ2v) is 11.1. The normalized spacial score (nSPS) is 16.7. The van der Waals surface area contributed by atoms with Crippen molar-refractivity contribution in [2.45, 2.75) is 63.8 Å². The summed E-state index contributed by atoms with van der Waals surface area (Å²) in [6.45, 7) is 0.404. The molecule has 0 radical (unpaired) electrons. The number of hydrogen-bond acceptors (Lipinski definition) is 7. The maximum atomic E-state index is 13.3. The number of rotatable bonds is 11. The van der Waals surface area contributed by atoms with E-state index in [4.69, 9.17) is 9.47 Å². The Balaban J connectivity index is 1.16. The molecule has 1 amide bonds. The molecule has 1 aliphatic rings. The SMILES string of the molecule is O=C(Cn1nc(-c2nn[nH]n2)cc1OCc1ccccc1-c1ccc(C(F)(F)F)cc1)N[C@H]1CCCC[C@@H]1OCc1ccccc1. The second kappa shape index (κ2) is 13.9. The molecule has 46 heavy (non-hydrogen) atoms. The highest BCUT2D eigenvalue weighted by Gasteiger charge is 2.30. The summed E-state index contributed by atoms with van der Waals surface area (Å²) in [5.74, 6) is 0.270. The number of nitrogens with zero attached hydrogens (tertiary/aromatic N) is 5. The van der Waals surface area contributed by atoms with Crippen LogP contribution in [0.4, 0.5) is 13.2 Å². The van der Waals surface area contributed by atoms with E-state index in [-0.39, 0.29) is 42.9 Å². The van der Waals surface area contributed by atoms with Crippen molar-refractivity contribution in [1.82, 2.24) is 35.7 Å². The fourth-order valence-electron chi connectivity index (χ4n) is 5.55. The second-order valence-electron chi connectivity index (χ2n) is 11.1. The third-order valence-corrected chi connectivity index (χ3v) is 7.88. The largest absolute Gasteiger partial charge is 0.473 e. The molecule has 2 atom stereocenters. The van der Waals surface area contributed by atoms with E-state index in [0.29, 0.717) is 17.9 Å². The number of halogens is 3. The van der Waals surface area contributed by atoms with Crippen molar-refractivity contribution < 1.29 is 27.4 Å². The molecule has 0 bridgehead atoms. The molecule has 2 N–H and O–H groups in total. The third-order valence-electron chi connectivity index (χ3n) is 7.88. The van der Waals surface area contributed by atoms with Gasteiger partial charge in [0, 0.05) is 6.07 Å². The van der Waals surface area contributed by atoms with E-state index in [1.165, 1.54) is 16.8 Å². The van der Waals surface area contributed by atoms with Crippen molar-refractivity contribution in [3.05, 3.63) is 102 Å². The lowest BCUT2D eigenvalue weighted by atomic mass is 9.92. The summed E-state index contributed by atoms with van der Waals surface area (Å²) in [5.41, 5.74) is 2.78. The number of carbonyl (C=O) groups is 1. The van der Waals surface area contributed by atoms with Gasteiger partial charge in [0.05, 0.1) is 24.3 Å². The summed E-state index contributed by atoms with van der Waals surface area (Å²) in [6.07, 6.45) is -0.841. The Morgan fingerprint density at radius 2 is 1.72 bits per heavy atom. The first-order chi connectivity index (χ1) is 22.3. The number of amides is 1. The minimum absolute atomic E-state index is 0.0637. The molecule has 10 nitrogen and oxygen atoms in total. The van der Waals surface area contributed by atoms with Gasteiger partial charge in [-0.3, -0.25) is 4.79 Å². The van der Waals surface area contributed by atoms with Crippen molar-refractivity contribution in [3.63, 3.8) is 0 Å². The summed E-state index contributed by atoms with van der Waals surface area (Å²) in [7, 11) is 0. The zero-order chi connectivity index (χ0) is 31.9. The Morgan fingerprint density at radius 1 is 0.957 bits per heavy atom. The number of aromatic amines is 1. The number of nitrogens with one attached hydrogen (secondary N) is 2. The van der Waals surface area contributed by atoms with Crippen LogP contribution >= 0.6 is 0 Å². The predicted molar refractivity (Wildman–Crippen MR) is 162 cm³/mol. The topological polar surface area (TPSA) is 120 Å². The number of tetrazole rings is 1. The molecule has 5 aromatic rings. The van der Waals surface area contributed by atoms with Crippen molar-refractivity contribution in [2.24, 2.45) is 0 Å². The molecule has 238 valence electrons. The lowest BCUT2D eigenvalue weighted by Crippen LogP contribution is -2.47. The van der Waals surface area contributed by atoms with Crippen molar-refractivity contribution >= 4 is 5.91 Å². The molecule has 0 spiro atoms.